The van der Waals surface area contributed by atoms with E-state index in [-0.39, 0.29) is 19.1 Å². The van der Waals surface area contributed by atoms with Crippen molar-refractivity contribution in [1.29, 1.82) is 0 Å². The van der Waals surface area contributed by atoms with E-state index in [2.05, 4.69) is 5.32 Å². The van der Waals surface area contributed by atoms with Gasteiger partial charge in [-0.3, -0.25) is 4.79 Å². The molecule has 5 heteroatoms. The number of benzene rings is 1. The zero-order valence-corrected chi connectivity index (χ0v) is 10.7. The van der Waals surface area contributed by atoms with Crippen molar-refractivity contribution in [2.45, 2.75) is 25.5 Å². The summed E-state index contributed by atoms with van der Waals surface area (Å²) in [5.41, 5.74) is 0.833. The molecule has 0 heterocycles. The van der Waals surface area contributed by atoms with Gasteiger partial charge in [-0.15, -0.1) is 0 Å². The Labute approximate surface area is 110 Å². The zero-order valence-electron chi connectivity index (χ0n) is 9.21. The summed E-state index contributed by atoms with van der Waals surface area (Å²) in [6.45, 7) is 0.494. The van der Waals surface area contributed by atoms with E-state index >= 15 is 0 Å². The minimum absolute atomic E-state index is 0.224. The normalized spacial score (nSPS) is 14.7. The van der Waals surface area contributed by atoms with E-state index in [1.165, 1.54) is 0 Å². The van der Waals surface area contributed by atoms with Crippen LogP contribution in [0.5, 0.6) is 0 Å². The highest BCUT2D eigenvalue weighted by Crippen LogP contribution is 2.23. The molecular formula is C12H13Cl2NO2. The van der Waals surface area contributed by atoms with E-state index < -0.39 is 0 Å². The van der Waals surface area contributed by atoms with Crippen molar-refractivity contribution >= 4 is 29.2 Å². The zero-order chi connectivity index (χ0) is 12.3. The van der Waals surface area contributed by atoms with Crippen LogP contribution in [0.15, 0.2) is 18.2 Å². The largest absolute Gasteiger partial charge is 0.460 e. The molecule has 1 aromatic rings. The maximum Gasteiger partial charge on any atom is 0.320 e. The van der Waals surface area contributed by atoms with E-state index in [1.807, 2.05) is 0 Å². The Kier molecular flexibility index (Phi) is 4.26. The second kappa shape index (κ2) is 5.71. The van der Waals surface area contributed by atoms with Gasteiger partial charge in [0.2, 0.25) is 0 Å². The number of halogens is 2. The highest BCUT2D eigenvalue weighted by atomic mass is 35.5. The molecule has 1 N–H and O–H groups in total. The molecule has 2 rings (SSSR count). The molecule has 0 atom stereocenters. The van der Waals surface area contributed by atoms with Gasteiger partial charge in [-0.25, -0.2) is 0 Å². The molecule has 0 bridgehead atoms. The number of hydrogen-bond donors (Lipinski definition) is 1. The molecule has 1 aromatic carbocycles. The van der Waals surface area contributed by atoms with Gasteiger partial charge in [0.1, 0.15) is 6.61 Å². The number of hydrogen-bond acceptors (Lipinski definition) is 3. The summed E-state index contributed by atoms with van der Waals surface area (Å²) in [6.07, 6.45) is 2.31. The predicted molar refractivity (Wildman–Crippen MR) is 67.3 cm³/mol. The summed E-state index contributed by atoms with van der Waals surface area (Å²) in [6, 6.07) is 5.68. The highest BCUT2D eigenvalue weighted by Gasteiger charge is 2.21. The molecular weight excluding hydrogens is 261 g/mol. The molecule has 0 aromatic heterocycles. The molecule has 0 amide bonds. The average Bonchev–Trinajstić information content (AvgIpc) is 3.12. The highest BCUT2D eigenvalue weighted by molar-refractivity contribution is 6.42. The summed E-state index contributed by atoms with van der Waals surface area (Å²) in [5, 5.41) is 4.06. The smallest absolute Gasteiger partial charge is 0.320 e. The van der Waals surface area contributed by atoms with Crippen LogP contribution in [0.3, 0.4) is 0 Å². The van der Waals surface area contributed by atoms with Gasteiger partial charge in [0.15, 0.2) is 0 Å². The Morgan fingerprint density at radius 2 is 2.12 bits per heavy atom. The fourth-order valence-corrected chi connectivity index (χ4v) is 1.68. The van der Waals surface area contributed by atoms with Crippen LogP contribution in [0.4, 0.5) is 0 Å². The summed E-state index contributed by atoms with van der Waals surface area (Å²) in [4.78, 5) is 11.4. The number of carbonyl (C=O) groups is 1. The van der Waals surface area contributed by atoms with Crippen molar-refractivity contribution in [3.05, 3.63) is 33.8 Å². The van der Waals surface area contributed by atoms with Crippen LogP contribution in [0.25, 0.3) is 0 Å². The quantitative estimate of drug-likeness (QED) is 0.839. The maximum atomic E-state index is 11.4. The summed E-state index contributed by atoms with van der Waals surface area (Å²) < 4.78 is 5.10. The standard InChI is InChI=1S/C12H13Cl2NO2/c13-10-4-1-8(5-11(10)14)7-17-12(16)6-15-9-2-3-9/h1,4-5,9,15H,2-3,6-7H2. The maximum absolute atomic E-state index is 11.4. The van der Waals surface area contributed by atoms with Crippen molar-refractivity contribution in [3.63, 3.8) is 0 Å². The second-order valence-corrected chi connectivity index (χ2v) is 4.88. The van der Waals surface area contributed by atoms with Gasteiger partial charge < -0.3 is 10.1 Å². The Morgan fingerprint density at radius 3 is 2.76 bits per heavy atom. The molecule has 1 aliphatic rings. The third-order valence-corrected chi connectivity index (χ3v) is 3.24. The van der Waals surface area contributed by atoms with Crippen LogP contribution in [0.1, 0.15) is 18.4 Å². The molecule has 92 valence electrons. The first-order valence-corrected chi connectivity index (χ1v) is 6.23. The van der Waals surface area contributed by atoms with Gasteiger partial charge in [-0.05, 0) is 30.5 Å². The lowest BCUT2D eigenvalue weighted by Crippen LogP contribution is -2.26. The molecule has 0 aliphatic heterocycles. The molecule has 1 saturated carbocycles. The molecule has 3 nitrogen and oxygen atoms in total. The minimum Gasteiger partial charge on any atom is -0.460 e. The van der Waals surface area contributed by atoms with Crippen LogP contribution in [0, 0.1) is 0 Å². The van der Waals surface area contributed by atoms with Gasteiger partial charge in [0, 0.05) is 6.04 Å². The van der Waals surface area contributed by atoms with E-state index in [9.17, 15) is 4.79 Å². The SMILES string of the molecule is O=C(CNC1CC1)OCc1ccc(Cl)c(Cl)c1. The van der Waals surface area contributed by atoms with E-state index in [4.69, 9.17) is 27.9 Å². The summed E-state index contributed by atoms with van der Waals surface area (Å²) in [7, 11) is 0. The third-order valence-electron chi connectivity index (χ3n) is 2.50. The van der Waals surface area contributed by atoms with Crippen molar-refractivity contribution in [2.24, 2.45) is 0 Å². The Morgan fingerprint density at radius 1 is 1.35 bits per heavy atom. The molecule has 1 aliphatic carbocycles. The number of ether oxygens (including phenoxy) is 1. The molecule has 0 radical (unpaired) electrons. The van der Waals surface area contributed by atoms with Crippen LogP contribution in [0.2, 0.25) is 10.0 Å². The minimum atomic E-state index is -0.247. The average molecular weight is 274 g/mol. The first-order chi connectivity index (χ1) is 8.15. The number of rotatable bonds is 5. The van der Waals surface area contributed by atoms with Crippen molar-refractivity contribution in [1.82, 2.24) is 5.32 Å². The van der Waals surface area contributed by atoms with Crippen LogP contribution in [-0.4, -0.2) is 18.6 Å². The van der Waals surface area contributed by atoms with Crippen LogP contribution < -0.4 is 5.32 Å². The fraction of sp³-hybridized carbons (Fsp3) is 0.417. The van der Waals surface area contributed by atoms with Gasteiger partial charge in [0.05, 0.1) is 16.6 Å². The summed E-state index contributed by atoms with van der Waals surface area (Å²) in [5.74, 6) is -0.247. The van der Waals surface area contributed by atoms with Gasteiger partial charge in [-0.2, -0.15) is 0 Å². The van der Waals surface area contributed by atoms with Gasteiger partial charge in [0.25, 0.3) is 0 Å². The number of nitrogens with one attached hydrogen (secondary N) is 1. The molecule has 0 spiro atoms. The monoisotopic (exact) mass is 273 g/mol. The first-order valence-electron chi connectivity index (χ1n) is 5.48. The van der Waals surface area contributed by atoms with Crippen molar-refractivity contribution in [3.8, 4) is 0 Å². The van der Waals surface area contributed by atoms with Crippen molar-refractivity contribution in [2.75, 3.05) is 6.54 Å². The van der Waals surface area contributed by atoms with E-state index in [0.717, 1.165) is 18.4 Å². The molecule has 17 heavy (non-hydrogen) atoms. The lowest BCUT2D eigenvalue weighted by Gasteiger charge is -2.06. The lowest BCUT2D eigenvalue weighted by molar-refractivity contribution is -0.143. The predicted octanol–water partition coefficient (Wildman–Crippen LogP) is 2.79. The second-order valence-electron chi connectivity index (χ2n) is 4.06. The van der Waals surface area contributed by atoms with Crippen LogP contribution in [-0.2, 0) is 16.1 Å². The van der Waals surface area contributed by atoms with Crippen molar-refractivity contribution < 1.29 is 9.53 Å². The van der Waals surface area contributed by atoms with Crippen LogP contribution >= 0.6 is 23.2 Å². The Hall–Kier alpha value is -0.770. The Bertz CT molecular complexity index is 419. The fourth-order valence-electron chi connectivity index (χ4n) is 1.36. The molecule has 1 fully saturated rings. The Balaban J connectivity index is 1.75. The topological polar surface area (TPSA) is 38.3 Å². The molecule has 0 saturated heterocycles. The number of carbonyl (C=O) groups excluding carboxylic acids is 1. The van der Waals surface area contributed by atoms with E-state index in [0.29, 0.717) is 16.1 Å². The van der Waals surface area contributed by atoms with Gasteiger partial charge >= 0.3 is 5.97 Å². The summed E-state index contributed by atoms with van der Waals surface area (Å²) >= 11 is 11.6. The molecule has 0 unspecified atom stereocenters. The first kappa shape index (κ1) is 12.7. The van der Waals surface area contributed by atoms with Gasteiger partial charge in [-0.1, -0.05) is 29.3 Å². The van der Waals surface area contributed by atoms with E-state index in [1.54, 1.807) is 18.2 Å². The lowest BCUT2D eigenvalue weighted by atomic mass is 10.2. The number of esters is 1. The third kappa shape index (κ3) is 4.19.